The zero-order chi connectivity index (χ0) is 14.0. The van der Waals surface area contributed by atoms with Crippen molar-refractivity contribution in [2.45, 2.75) is 26.7 Å². The van der Waals surface area contributed by atoms with Crippen LogP contribution in [0.5, 0.6) is 0 Å². The maximum Gasteiger partial charge on any atom is 0.242 e. The fourth-order valence-electron chi connectivity index (χ4n) is 2.13. The molecule has 2 aromatic rings. The van der Waals surface area contributed by atoms with Crippen LogP contribution in [0.3, 0.4) is 0 Å². The van der Waals surface area contributed by atoms with Gasteiger partial charge in [0.15, 0.2) is 0 Å². The third-order valence-electron chi connectivity index (χ3n) is 3.35. The largest absolute Gasteiger partial charge is 0.461 e. The molecule has 1 atom stereocenters. The van der Waals surface area contributed by atoms with Gasteiger partial charge >= 0.3 is 0 Å². The van der Waals surface area contributed by atoms with Crippen LogP contribution in [0.1, 0.15) is 32.4 Å². The summed E-state index contributed by atoms with van der Waals surface area (Å²) < 4.78 is 5.82. The molecule has 1 unspecified atom stereocenters. The second-order valence-corrected chi connectivity index (χ2v) is 5.14. The highest BCUT2D eigenvalue weighted by atomic mass is 16.5. The van der Waals surface area contributed by atoms with E-state index in [9.17, 15) is 10.0 Å². The maximum atomic E-state index is 11.2. The average molecular weight is 261 g/mol. The molecule has 0 aliphatic heterocycles. The van der Waals surface area contributed by atoms with E-state index in [4.69, 9.17) is 4.42 Å². The smallest absolute Gasteiger partial charge is 0.242 e. The predicted molar refractivity (Wildman–Crippen MR) is 73.0 cm³/mol. The third kappa shape index (κ3) is 2.96. The molecule has 0 fully saturated rings. The summed E-state index contributed by atoms with van der Waals surface area (Å²) in [6.45, 7) is 5.68. The molecule has 0 bridgehead atoms. The summed E-state index contributed by atoms with van der Waals surface area (Å²) in [4.78, 5) is 11.2. The molecule has 0 aliphatic carbocycles. The second kappa shape index (κ2) is 5.45. The summed E-state index contributed by atoms with van der Waals surface area (Å²) in [7, 11) is 0. The molecule has 0 saturated heterocycles. The number of rotatable bonds is 4. The number of furan rings is 1. The molecular formula is C15H19NO3. The molecule has 1 amide bonds. The first-order valence-electron chi connectivity index (χ1n) is 6.44. The molecule has 19 heavy (non-hydrogen) atoms. The van der Waals surface area contributed by atoms with Gasteiger partial charge < -0.3 is 4.42 Å². The number of benzene rings is 1. The quantitative estimate of drug-likeness (QED) is 0.677. The van der Waals surface area contributed by atoms with E-state index in [0.717, 1.165) is 21.8 Å². The van der Waals surface area contributed by atoms with Gasteiger partial charge in [-0.1, -0.05) is 32.0 Å². The number of nitrogens with zero attached hydrogens (tertiary/aromatic N) is 1. The molecule has 0 aliphatic rings. The Morgan fingerprint density at radius 2 is 2.05 bits per heavy atom. The molecule has 4 heteroatoms. The monoisotopic (exact) mass is 261 g/mol. The normalized spacial score (nSPS) is 12.9. The van der Waals surface area contributed by atoms with Crippen molar-refractivity contribution in [2.75, 3.05) is 6.54 Å². The molecule has 1 aromatic carbocycles. The van der Waals surface area contributed by atoms with Gasteiger partial charge in [0.25, 0.3) is 0 Å². The minimum atomic E-state index is -0.359. The van der Waals surface area contributed by atoms with Crippen molar-refractivity contribution in [1.82, 2.24) is 5.06 Å². The molecule has 4 nitrogen and oxygen atoms in total. The van der Waals surface area contributed by atoms with Crippen LogP contribution in [0.4, 0.5) is 0 Å². The predicted octanol–water partition coefficient (Wildman–Crippen LogP) is 3.41. The highest BCUT2D eigenvalue weighted by Crippen LogP contribution is 2.30. The Kier molecular flexibility index (Phi) is 3.90. The van der Waals surface area contributed by atoms with Crippen LogP contribution in [-0.2, 0) is 4.79 Å². The van der Waals surface area contributed by atoms with Crippen molar-refractivity contribution in [2.24, 2.45) is 5.92 Å². The fraction of sp³-hybridized carbons (Fsp3) is 0.400. The summed E-state index contributed by atoms with van der Waals surface area (Å²) >= 11 is 0. The summed E-state index contributed by atoms with van der Waals surface area (Å²) in [6, 6.07) is 9.77. The number of carbonyl (C=O) groups excluding carboxylic acids is 1. The molecule has 0 saturated carbocycles. The summed E-state index contributed by atoms with van der Waals surface area (Å²) in [5.74, 6) is 0.675. The van der Waals surface area contributed by atoms with Crippen molar-refractivity contribution >= 4 is 16.9 Å². The van der Waals surface area contributed by atoms with Crippen LogP contribution in [0, 0.1) is 5.92 Å². The van der Waals surface area contributed by atoms with E-state index in [1.807, 2.05) is 44.2 Å². The Labute approximate surface area is 112 Å². The molecule has 102 valence electrons. The summed E-state index contributed by atoms with van der Waals surface area (Å²) in [5, 5.41) is 11.4. The summed E-state index contributed by atoms with van der Waals surface area (Å²) in [5.41, 5.74) is 0.829. The lowest BCUT2D eigenvalue weighted by atomic mass is 9.93. The first kappa shape index (κ1) is 13.6. The van der Waals surface area contributed by atoms with Gasteiger partial charge in [-0.15, -0.1) is 0 Å². The lowest BCUT2D eigenvalue weighted by molar-refractivity contribution is -0.164. The van der Waals surface area contributed by atoms with Crippen LogP contribution in [0.15, 0.2) is 34.7 Å². The van der Waals surface area contributed by atoms with Crippen molar-refractivity contribution in [1.29, 1.82) is 0 Å². The van der Waals surface area contributed by atoms with Crippen LogP contribution in [-0.4, -0.2) is 22.7 Å². The van der Waals surface area contributed by atoms with Crippen LogP contribution in [0.25, 0.3) is 11.0 Å². The fourth-order valence-corrected chi connectivity index (χ4v) is 2.13. The third-order valence-corrected chi connectivity index (χ3v) is 3.35. The number of fused-ring (bicyclic) bond motifs is 1. The van der Waals surface area contributed by atoms with Gasteiger partial charge in [-0.25, -0.2) is 5.06 Å². The summed E-state index contributed by atoms with van der Waals surface area (Å²) in [6.07, 6.45) is 0. The van der Waals surface area contributed by atoms with Crippen molar-refractivity contribution in [3.63, 3.8) is 0 Å². The van der Waals surface area contributed by atoms with E-state index in [1.165, 1.54) is 6.92 Å². The molecule has 1 aromatic heterocycles. The van der Waals surface area contributed by atoms with E-state index in [-0.39, 0.29) is 24.3 Å². The van der Waals surface area contributed by atoms with Gasteiger partial charge in [0.1, 0.15) is 11.3 Å². The van der Waals surface area contributed by atoms with Gasteiger partial charge in [0.05, 0.1) is 6.54 Å². The van der Waals surface area contributed by atoms with Gasteiger partial charge in [-0.3, -0.25) is 10.0 Å². The minimum absolute atomic E-state index is 0.0266. The molecular weight excluding hydrogens is 242 g/mol. The Morgan fingerprint density at radius 3 is 2.63 bits per heavy atom. The van der Waals surface area contributed by atoms with Crippen LogP contribution in [0.2, 0.25) is 0 Å². The van der Waals surface area contributed by atoms with Crippen molar-refractivity contribution < 1.29 is 14.4 Å². The Hall–Kier alpha value is -1.81. The van der Waals surface area contributed by atoms with Gasteiger partial charge in [0.2, 0.25) is 5.91 Å². The molecule has 1 heterocycles. The standard InChI is InChI=1S/C15H19NO3/c1-10(2)13(9-16(18)11(3)17)15-8-12-6-4-5-7-14(12)19-15/h4-8,10,13,18H,9H2,1-3H3. The number of hydrogen-bond donors (Lipinski definition) is 1. The van der Waals surface area contributed by atoms with Crippen molar-refractivity contribution in [3.8, 4) is 0 Å². The van der Waals surface area contributed by atoms with Crippen LogP contribution >= 0.6 is 0 Å². The topological polar surface area (TPSA) is 53.7 Å². The second-order valence-electron chi connectivity index (χ2n) is 5.14. The lowest BCUT2D eigenvalue weighted by Gasteiger charge is -2.22. The number of hydroxylamine groups is 2. The van der Waals surface area contributed by atoms with Gasteiger partial charge in [0, 0.05) is 18.2 Å². The first-order chi connectivity index (χ1) is 8.99. The van der Waals surface area contributed by atoms with E-state index < -0.39 is 0 Å². The van der Waals surface area contributed by atoms with Gasteiger partial charge in [-0.2, -0.15) is 0 Å². The van der Waals surface area contributed by atoms with Crippen molar-refractivity contribution in [3.05, 3.63) is 36.1 Å². The average Bonchev–Trinajstić information content (AvgIpc) is 2.78. The highest BCUT2D eigenvalue weighted by molar-refractivity contribution is 5.78. The lowest BCUT2D eigenvalue weighted by Crippen LogP contribution is -2.31. The Balaban J connectivity index is 2.30. The van der Waals surface area contributed by atoms with E-state index in [1.54, 1.807) is 0 Å². The van der Waals surface area contributed by atoms with E-state index in [0.29, 0.717) is 0 Å². The zero-order valence-electron chi connectivity index (χ0n) is 11.5. The minimum Gasteiger partial charge on any atom is -0.461 e. The highest BCUT2D eigenvalue weighted by Gasteiger charge is 2.23. The van der Waals surface area contributed by atoms with Gasteiger partial charge in [-0.05, 0) is 18.1 Å². The number of amides is 1. The molecule has 2 rings (SSSR count). The van der Waals surface area contributed by atoms with E-state index >= 15 is 0 Å². The Bertz CT molecular complexity index is 541. The molecule has 0 spiro atoms. The molecule has 0 radical (unpaired) electrons. The van der Waals surface area contributed by atoms with E-state index in [2.05, 4.69) is 0 Å². The Morgan fingerprint density at radius 1 is 1.37 bits per heavy atom. The first-order valence-corrected chi connectivity index (χ1v) is 6.44. The maximum absolute atomic E-state index is 11.2. The number of carbonyl (C=O) groups is 1. The van der Waals surface area contributed by atoms with Crippen LogP contribution < -0.4 is 0 Å². The molecule has 1 N–H and O–H groups in total. The SMILES string of the molecule is CC(=O)N(O)CC(c1cc2ccccc2o1)C(C)C. The zero-order valence-corrected chi connectivity index (χ0v) is 11.5. The number of para-hydroxylation sites is 1. The number of hydrogen-bond acceptors (Lipinski definition) is 3.